The highest BCUT2D eigenvalue weighted by atomic mass is 32.2. The number of hydrogen-bond acceptors (Lipinski definition) is 2. The van der Waals surface area contributed by atoms with Crippen LogP contribution in [0.4, 0.5) is 4.39 Å². The van der Waals surface area contributed by atoms with Crippen LogP contribution < -0.4 is 4.72 Å². The third-order valence-electron chi connectivity index (χ3n) is 3.56. The van der Waals surface area contributed by atoms with E-state index in [1.165, 1.54) is 17.7 Å². The first kappa shape index (κ1) is 16.6. The van der Waals surface area contributed by atoms with Gasteiger partial charge < -0.3 is 0 Å². The van der Waals surface area contributed by atoms with Gasteiger partial charge in [-0.05, 0) is 48.2 Å². The van der Waals surface area contributed by atoms with Crippen molar-refractivity contribution in [1.82, 2.24) is 4.72 Å². The summed E-state index contributed by atoms with van der Waals surface area (Å²) in [6, 6.07) is 12.3. The van der Waals surface area contributed by atoms with Gasteiger partial charge in [-0.2, -0.15) is 0 Å². The van der Waals surface area contributed by atoms with Crippen molar-refractivity contribution < 1.29 is 12.8 Å². The van der Waals surface area contributed by atoms with Gasteiger partial charge >= 0.3 is 0 Å². The van der Waals surface area contributed by atoms with Crippen molar-refractivity contribution in [2.24, 2.45) is 0 Å². The van der Waals surface area contributed by atoms with E-state index in [4.69, 9.17) is 0 Å². The van der Waals surface area contributed by atoms with Crippen molar-refractivity contribution in [1.29, 1.82) is 0 Å². The van der Waals surface area contributed by atoms with Crippen LogP contribution in [0.25, 0.3) is 0 Å². The van der Waals surface area contributed by atoms with Gasteiger partial charge in [0.1, 0.15) is 5.82 Å². The first-order chi connectivity index (χ1) is 10.3. The third kappa shape index (κ3) is 3.93. The van der Waals surface area contributed by atoms with Crippen LogP contribution in [0, 0.1) is 5.82 Å². The SMILES string of the molecule is CC(C)c1ccc(C(C)NS(=O)(=O)c2ccc(F)cc2)cc1. The fourth-order valence-corrected chi connectivity index (χ4v) is 3.38. The molecule has 1 unspecified atom stereocenters. The minimum absolute atomic E-state index is 0.0551. The van der Waals surface area contributed by atoms with Gasteiger partial charge in [-0.25, -0.2) is 17.5 Å². The minimum Gasteiger partial charge on any atom is -0.207 e. The quantitative estimate of drug-likeness (QED) is 0.905. The van der Waals surface area contributed by atoms with Gasteiger partial charge in [0, 0.05) is 6.04 Å². The van der Waals surface area contributed by atoms with Gasteiger partial charge in [-0.15, -0.1) is 0 Å². The molecular formula is C17H20FNO2S. The highest BCUT2D eigenvalue weighted by molar-refractivity contribution is 7.89. The average Bonchev–Trinajstić information content (AvgIpc) is 2.47. The van der Waals surface area contributed by atoms with E-state index in [1.807, 2.05) is 24.3 Å². The Morgan fingerprint density at radius 3 is 1.86 bits per heavy atom. The topological polar surface area (TPSA) is 46.2 Å². The zero-order valence-electron chi connectivity index (χ0n) is 12.9. The van der Waals surface area contributed by atoms with E-state index in [0.29, 0.717) is 5.92 Å². The Balaban J connectivity index is 2.16. The molecule has 0 amide bonds. The number of sulfonamides is 1. The number of benzene rings is 2. The van der Waals surface area contributed by atoms with E-state index < -0.39 is 15.8 Å². The molecule has 0 bridgehead atoms. The largest absolute Gasteiger partial charge is 0.241 e. The van der Waals surface area contributed by atoms with Crippen LogP contribution in [0.5, 0.6) is 0 Å². The Morgan fingerprint density at radius 1 is 0.864 bits per heavy atom. The van der Waals surface area contributed by atoms with Crippen LogP contribution in [0.2, 0.25) is 0 Å². The van der Waals surface area contributed by atoms with Gasteiger partial charge in [-0.3, -0.25) is 0 Å². The number of nitrogens with one attached hydrogen (secondary N) is 1. The van der Waals surface area contributed by atoms with Crippen LogP contribution in [-0.2, 0) is 10.0 Å². The fourth-order valence-electron chi connectivity index (χ4n) is 2.15. The molecule has 0 fully saturated rings. The predicted molar refractivity (Wildman–Crippen MR) is 85.7 cm³/mol. The molecule has 0 saturated heterocycles. The molecule has 0 radical (unpaired) electrons. The summed E-state index contributed by atoms with van der Waals surface area (Å²) >= 11 is 0. The van der Waals surface area contributed by atoms with E-state index in [-0.39, 0.29) is 10.9 Å². The van der Waals surface area contributed by atoms with E-state index in [2.05, 4.69) is 18.6 Å². The second-order valence-electron chi connectivity index (χ2n) is 5.62. The molecule has 2 rings (SSSR count). The smallest absolute Gasteiger partial charge is 0.207 e. The molecule has 0 aromatic heterocycles. The second kappa shape index (κ2) is 6.58. The highest BCUT2D eigenvalue weighted by Gasteiger charge is 2.18. The molecule has 0 saturated carbocycles. The second-order valence-corrected chi connectivity index (χ2v) is 7.33. The van der Waals surface area contributed by atoms with Crippen LogP contribution in [0.15, 0.2) is 53.4 Å². The molecule has 0 aliphatic rings. The maximum Gasteiger partial charge on any atom is 0.241 e. The maximum absolute atomic E-state index is 12.9. The lowest BCUT2D eigenvalue weighted by Gasteiger charge is -2.16. The van der Waals surface area contributed by atoms with E-state index in [1.54, 1.807) is 6.92 Å². The molecule has 2 aromatic rings. The molecular weight excluding hydrogens is 301 g/mol. The summed E-state index contributed by atoms with van der Waals surface area (Å²) in [7, 11) is -3.67. The summed E-state index contributed by atoms with van der Waals surface area (Å²) in [4.78, 5) is 0.0551. The molecule has 3 nitrogen and oxygen atoms in total. The van der Waals surface area contributed by atoms with Gasteiger partial charge in [0.2, 0.25) is 10.0 Å². The average molecular weight is 321 g/mol. The summed E-state index contributed by atoms with van der Waals surface area (Å²) in [6.45, 7) is 6.00. The lowest BCUT2D eigenvalue weighted by Crippen LogP contribution is -2.26. The zero-order chi connectivity index (χ0) is 16.3. The Kier molecular flexibility index (Phi) is 4.98. The zero-order valence-corrected chi connectivity index (χ0v) is 13.7. The molecule has 118 valence electrons. The third-order valence-corrected chi connectivity index (χ3v) is 5.12. The Labute approximate surface area is 131 Å². The lowest BCUT2D eigenvalue weighted by molar-refractivity contribution is 0.566. The maximum atomic E-state index is 12.9. The Bertz CT molecular complexity index is 722. The van der Waals surface area contributed by atoms with E-state index >= 15 is 0 Å². The minimum atomic E-state index is -3.67. The summed E-state index contributed by atoms with van der Waals surface area (Å²) < 4.78 is 40.0. The van der Waals surface area contributed by atoms with Crippen molar-refractivity contribution in [2.75, 3.05) is 0 Å². The Morgan fingerprint density at radius 2 is 1.36 bits per heavy atom. The van der Waals surface area contributed by atoms with Crippen LogP contribution in [-0.4, -0.2) is 8.42 Å². The molecule has 0 spiro atoms. The van der Waals surface area contributed by atoms with E-state index in [9.17, 15) is 12.8 Å². The van der Waals surface area contributed by atoms with Crippen molar-refractivity contribution >= 4 is 10.0 Å². The summed E-state index contributed by atoms with van der Waals surface area (Å²) in [5.41, 5.74) is 2.09. The highest BCUT2D eigenvalue weighted by Crippen LogP contribution is 2.20. The number of halogens is 1. The van der Waals surface area contributed by atoms with Crippen molar-refractivity contribution in [3.63, 3.8) is 0 Å². The van der Waals surface area contributed by atoms with Gasteiger partial charge in [-0.1, -0.05) is 38.1 Å². The molecule has 1 atom stereocenters. The van der Waals surface area contributed by atoms with Crippen LogP contribution >= 0.6 is 0 Å². The van der Waals surface area contributed by atoms with Crippen molar-refractivity contribution in [2.45, 2.75) is 37.6 Å². The van der Waals surface area contributed by atoms with E-state index in [0.717, 1.165) is 17.7 Å². The number of rotatable bonds is 5. The molecule has 0 heterocycles. The van der Waals surface area contributed by atoms with Gasteiger partial charge in [0.15, 0.2) is 0 Å². The van der Waals surface area contributed by atoms with Crippen molar-refractivity contribution in [3.05, 3.63) is 65.5 Å². The molecule has 22 heavy (non-hydrogen) atoms. The van der Waals surface area contributed by atoms with Gasteiger partial charge in [0.05, 0.1) is 4.90 Å². The first-order valence-electron chi connectivity index (χ1n) is 7.17. The first-order valence-corrected chi connectivity index (χ1v) is 8.65. The normalized spacial score (nSPS) is 13.3. The molecule has 0 aliphatic heterocycles. The summed E-state index contributed by atoms with van der Waals surface area (Å²) in [5.74, 6) is -0.0310. The molecule has 0 aliphatic carbocycles. The summed E-state index contributed by atoms with van der Waals surface area (Å²) in [6.07, 6.45) is 0. The number of hydrogen-bond donors (Lipinski definition) is 1. The molecule has 2 aromatic carbocycles. The fraction of sp³-hybridized carbons (Fsp3) is 0.294. The van der Waals surface area contributed by atoms with Crippen LogP contribution in [0.1, 0.15) is 43.9 Å². The molecule has 1 N–H and O–H groups in total. The monoisotopic (exact) mass is 321 g/mol. The summed E-state index contributed by atoms with van der Waals surface area (Å²) in [5, 5.41) is 0. The lowest BCUT2D eigenvalue weighted by atomic mass is 10.00. The molecule has 5 heteroatoms. The Hall–Kier alpha value is -1.72. The van der Waals surface area contributed by atoms with Crippen molar-refractivity contribution in [3.8, 4) is 0 Å². The van der Waals surface area contributed by atoms with Gasteiger partial charge in [0.25, 0.3) is 0 Å². The van der Waals surface area contributed by atoms with Crippen LogP contribution in [0.3, 0.4) is 0 Å². The predicted octanol–water partition coefficient (Wildman–Crippen LogP) is 3.99. The standard InChI is InChI=1S/C17H20FNO2S/c1-12(2)14-4-6-15(7-5-14)13(3)19-22(20,21)17-10-8-16(18)9-11-17/h4-13,19H,1-3H3.